The van der Waals surface area contributed by atoms with Gasteiger partial charge in [-0.25, -0.2) is 4.79 Å². The van der Waals surface area contributed by atoms with Gasteiger partial charge >= 0.3 is 12.1 Å². The van der Waals surface area contributed by atoms with E-state index in [4.69, 9.17) is 17.0 Å². The van der Waals surface area contributed by atoms with Crippen molar-refractivity contribution >= 4 is 55.6 Å². The van der Waals surface area contributed by atoms with Gasteiger partial charge in [-0.3, -0.25) is 4.68 Å². The van der Waals surface area contributed by atoms with Crippen molar-refractivity contribution in [1.29, 1.82) is 0 Å². The molecule has 2 aromatic heterocycles. The number of alkyl halides is 3. The lowest BCUT2D eigenvalue weighted by Crippen LogP contribution is -2.30. The molecule has 0 aliphatic heterocycles. The first-order valence-electron chi connectivity index (χ1n) is 10.8. The van der Waals surface area contributed by atoms with E-state index in [9.17, 15) is 18.0 Å². The number of nitrogens with one attached hydrogen (secondary N) is 2. The van der Waals surface area contributed by atoms with Crippen LogP contribution in [0.1, 0.15) is 64.8 Å². The van der Waals surface area contributed by atoms with Gasteiger partial charge in [0.25, 0.3) is 0 Å². The van der Waals surface area contributed by atoms with Gasteiger partial charge in [0.2, 0.25) is 0 Å². The first-order chi connectivity index (χ1) is 15.6. The first kappa shape index (κ1) is 26.0. The molecule has 0 unspecified atom stereocenters. The summed E-state index contributed by atoms with van der Waals surface area (Å²) < 4.78 is 45.6. The largest absolute Gasteiger partial charge is 0.462 e. The third-order valence-corrected chi connectivity index (χ3v) is 7.77. The Hall–Kier alpha value is -1.66. The van der Waals surface area contributed by atoms with Crippen molar-refractivity contribution in [2.75, 3.05) is 18.5 Å². The SMILES string of the molecule is CCOC(=O)c1c(NC(=S)NCCCn2nc(C(F)(F)F)c(Br)c2C)sc2c1CCCCC2. The molecule has 2 aromatic rings. The average Bonchev–Trinajstić information content (AvgIpc) is 3.12. The number of halogens is 4. The highest BCUT2D eigenvalue weighted by Crippen LogP contribution is 2.38. The number of esters is 1. The molecule has 2 N–H and O–H groups in total. The van der Waals surface area contributed by atoms with Crippen molar-refractivity contribution in [3.05, 3.63) is 31.9 Å². The molecule has 0 bridgehead atoms. The lowest BCUT2D eigenvalue weighted by Gasteiger charge is -2.12. The molecule has 6 nitrogen and oxygen atoms in total. The summed E-state index contributed by atoms with van der Waals surface area (Å²) in [6, 6.07) is 0. The van der Waals surface area contributed by atoms with E-state index in [-0.39, 0.29) is 10.4 Å². The number of aromatic nitrogens is 2. The molecule has 0 amide bonds. The Kier molecular flexibility index (Phi) is 8.79. The van der Waals surface area contributed by atoms with Crippen molar-refractivity contribution in [2.24, 2.45) is 0 Å². The van der Waals surface area contributed by atoms with Crippen LogP contribution in [0.15, 0.2) is 4.47 Å². The molecule has 33 heavy (non-hydrogen) atoms. The fraction of sp³-hybridized carbons (Fsp3) is 0.571. The zero-order valence-corrected chi connectivity index (χ0v) is 21.6. The first-order valence-corrected chi connectivity index (χ1v) is 12.8. The number of carbonyl (C=O) groups excluding carboxylic acids is 1. The standard InChI is InChI=1S/C21H26BrF3N4O2S2/c1-3-31-19(30)15-13-8-5-4-6-9-14(13)33-18(15)27-20(32)26-10-7-11-29-12(2)16(22)17(28-29)21(23,24)25/h3-11H2,1-2H3,(H2,26,27,32). The van der Waals surface area contributed by atoms with Gasteiger partial charge in [0, 0.05) is 18.0 Å². The molecule has 0 radical (unpaired) electrons. The maximum atomic E-state index is 13.0. The van der Waals surface area contributed by atoms with Gasteiger partial charge in [-0.2, -0.15) is 18.3 Å². The summed E-state index contributed by atoms with van der Waals surface area (Å²) >= 11 is 9.91. The minimum atomic E-state index is -4.51. The normalized spacial score (nSPS) is 13.9. The van der Waals surface area contributed by atoms with Gasteiger partial charge in [-0.05, 0) is 79.7 Å². The maximum absolute atomic E-state index is 13.0. The van der Waals surface area contributed by atoms with Gasteiger partial charge in [0.15, 0.2) is 10.8 Å². The van der Waals surface area contributed by atoms with Crippen LogP contribution in [0.4, 0.5) is 18.2 Å². The highest BCUT2D eigenvalue weighted by Gasteiger charge is 2.37. The Labute approximate surface area is 208 Å². The van der Waals surface area contributed by atoms with Crippen molar-refractivity contribution in [3.8, 4) is 0 Å². The third kappa shape index (κ3) is 6.27. The number of nitrogens with zero attached hydrogens (tertiary/aromatic N) is 2. The number of anilines is 1. The lowest BCUT2D eigenvalue weighted by molar-refractivity contribution is -0.142. The minimum Gasteiger partial charge on any atom is -0.462 e. The van der Waals surface area contributed by atoms with Crippen molar-refractivity contribution in [1.82, 2.24) is 15.1 Å². The number of aryl methyl sites for hydroxylation is 2. The number of rotatable bonds is 7. The molecule has 2 heterocycles. The van der Waals surface area contributed by atoms with E-state index >= 15 is 0 Å². The molecule has 0 fully saturated rings. The van der Waals surface area contributed by atoms with Gasteiger partial charge in [-0.15, -0.1) is 11.3 Å². The van der Waals surface area contributed by atoms with E-state index in [0.29, 0.717) is 47.5 Å². The summed E-state index contributed by atoms with van der Waals surface area (Å²) in [4.78, 5) is 13.8. The Morgan fingerprint density at radius 1 is 1.30 bits per heavy atom. The lowest BCUT2D eigenvalue weighted by atomic mass is 10.1. The summed E-state index contributed by atoms with van der Waals surface area (Å²) in [6.07, 6.45) is 1.07. The molecule has 0 aromatic carbocycles. The van der Waals surface area contributed by atoms with Crippen LogP contribution in [0.25, 0.3) is 0 Å². The predicted molar refractivity (Wildman–Crippen MR) is 130 cm³/mol. The Morgan fingerprint density at radius 3 is 2.70 bits per heavy atom. The fourth-order valence-electron chi connectivity index (χ4n) is 3.75. The van der Waals surface area contributed by atoms with Crippen molar-refractivity contribution in [2.45, 2.75) is 65.1 Å². The number of carbonyl (C=O) groups is 1. The molecular weight excluding hydrogens is 541 g/mol. The number of fused-ring (bicyclic) bond motifs is 1. The number of hydrogen-bond acceptors (Lipinski definition) is 5. The fourth-order valence-corrected chi connectivity index (χ4v) is 5.81. The third-order valence-electron chi connectivity index (χ3n) is 5.36. The number of hydrogen-bond donors (Lipinski definition) is 2. The molecule has 182 valence electrons. The van der Waals surface area contributed by atoms with E-state index < -0.39 is 11.9 Å². The second-order valence-electron chi connectivity index (χ2n) is 7.69. The van der Waals surface area contributed by atoms with Gasteiger partial charge in [0.1, 0.15) is 5.00 Å². The Bertz CT molecular complexity index is 1020. The van der Waals surface area contributed by atoms with Crippen LogP contribution in [0.2, 0.25) is 0 Å². The second kappa shape index (κ2) is 11.2. The summed E-state index contributed by atoms with van der Waals surface area (Å²) in [6.45, 7) is 4.40. The zero-order valence-electron chi connectivity index (χ0n) is 18.4. The Morgan fingerprint density at radius 2 is 2.03 bits per heavy atom. The van der Waals surface area contributed by atoms with E-state index in [1.807, 2.05) is 0 Å². The Balaban J connectivity index is 1.60. The van der Waals surface area contributed by atoms with Crippen molar-refractivity contribution < 1.29 is 22.7 Å². The zero-order chi connectivity index (χ0) is 24.2. The van der Waals surface area contributed by atoms with Crippen molar-refractivity contribution in [3.63, 3.8) is 0 Å². The second-order valence-corrected chi connectivity index (χ2v) is 10.00. The van der Waals surface area contributed by atoms with Gasteiger partial charge in [0.05, 0.1) is 22.3 Å². The van der Waals surface area contributed by atoms with Gasteiger partial charge < -0.3 is 15.4 Å². The summed E-state index contributed by atoms with van der Waals surface area (Å²) in [5.41, 5.74) is 1.12. The van der Waals surface area contributed by atoms with Crippen LogP contribution >= 0.6 is 39.5 Å². The molecule has 0 spiro atoms. The molecule has 0 saturated heterocycles. The number of thiocarbonyl (C=S) groups is 1. The van der Waals surface area contributed by atoms with E-state index in [0.717, 1.165) is 37.7 Å². The summed E-state index contributed by atoms with van der Waals surface area (Å²) in [7, 11) is 0. The van der Waals surface area contributed by atoms with E-state index in [1.165, 1.54) is 20.9 Å². The van der Waals surface area contributed by atoms with Crippen LogP contribution in [0, 0.1) is 6.92 Å². The summed E-state index contributed by atoms with van der Waals surface area (Å²) in [5.74, 6) is -0.345. The smallest absolute Gasteiger partial charge is 0.436 e. The van der Waals surface area contributed by atoms with Crippen LogP contribution in [-0.2, 0) is 30.3 Å². The number of ether oxygens (including phenoxy) is 1. The molecular formula is C21H26BrF3N4O2S2. The average molecular weight is 567 g/mol. The molecule has 3 rings (SSSR count). The van der Waals surface area contributed by atoms with Crippen LogP contribution < -0.4 is 10.6 Å². The van der Waals surface area contributed by atoms with E-state index in [1.54, 1.807) is 13.8 Å². The highest BCUT2D eigenvalue weighted by molar-refractivity contribution is 9.10. The predicted octanol–water partition coefficient (Wildman–Crippen LogP) is 5.86. The molecule has 1 aliphatic rings. The quantitative estimate of drug-likeness (QED) is 0.189. The van der Waals surface area contributed by atoms with E-state index in [2.05, 4.69) is 31.7 Å². The summed E-state index contributed by atoms with van der Waals surface area (Å²) in [5, 5.41) is 10.9. The van der Waals surface area contributed by atoms with Crippen LogP contribution in [-0.4, -0.2) is 34.0 Å². The minimum absolute atomic E-state index is 0.0379. The highest BCUT2D eigenvalue weighted by atomic mass is 79.9. The monoisotopic (exact) mass is 566 g/mol. The molecule has 0 saturated carbocycles. The molecule has 0 atom stereocenters. The molecule has 1 aliphatic carbocycles. The van der Waals surface area contributed by atoms with Crippen LogP contribution in [0.5, 0.6) is 0 Å². The maximum Gasteiger partial charge on any atom is 0.436 e. The van der Waals surface area contributed by atoms with Crippen LogP contribution in [0.3, 0.4) is 0 Å². The topological polar surface area (TPSA) is 68.2 Å². The molecule has 12 heteroatoms. The number of thiophene rings is 1. The van der Waals surface area contributed by atoms with Gasteiger partial charge in [-0.1, -0.05) is 6.42 Å².